The van der Waals surface area contributed by atoms with Gasteiger partial charge in [-0.2, -0.15) is 0 Å². The molecule has 0 aliphatic heterocycles. The number of nitrogens with one attached hydrogen (secondary N) is 2. The molecule has 0 spiro atoms. The normalized spacial score (nSPS) is 10.1. The number of carbonyl (C=O) groups is 1. The van der Waals surface area contributed by atoms with Crippen molar-refractivity contribution in [1.29, 1.82) is 0 Å². The lowest BCUT2D eigenvalue weighted by Crippen LogP contribution is -2.22. The maximum absolute atomic E-state index is 11.7. The van der Waals surface area contributed by atoms with E-state index in [0.717, 1.165) is 11.4 Å². The molecule has 4 N–H and O–H groups in total. The van der Waals surface area contributed by atoms with Crippen molar-refractivity contribution in [2.45, 2.75) is 13.5 Å². The van der Waals surface area contributed by atoms with E-state index in [9.17, 15) is 4.79 Å². The largest absolute Gasteiger partial charge is 0.397 e. The van der Waals surface area contributed by atoms with Crippen LogP contribution in [0.3, 0.4) is 0 Å². The van der Waals surface area contributed by atoms with E-state index in [0.29, 0.717) is 24.3 Å². The fourth-order valence-electron chi connectivity index (χ4n) is 1.74. The molecule has 1 amide bonds. The van der Waals surface area contributed by atoms with Crippen molar-refractivity contribution >= 4 is 17.3 Å². The SMILES string of the molecule is CCNC(=O)c1ccc(NCc2ccncn2)c(N)c1. The summed E-state index contributed by atoms with van der Waals surface area (Å²) in [7, 11) is 0. The molecule has 0 aliphatic carbocycles. The maximum atomic E-state index is 11.7. The molecule has 1 aromatic heterocycles. The molecular weight excluding hydrogens is 254 g/mol. The summed E-state index contributed by atoms with van der Waals surface area (Å²) in [6.45, 7) is 3.01. The highest BCUT2D eigenvalue weighted by Gasteiger charge is 2.07. The van der Waals surface area contributed by atoms with Gasteiger partial charge in [-0.3, -0.25) is 4.79 Å². The molecule has 0 unspecified atom stereocenters. The van der Waals surface area contributed by atoms with Gasteiger partial charge in [-0.15, -0.1) is 0 Å². The topological polar surface area (TPSA) is 92.9 Å². The van der Waals surface area contributed by atoms with Crippen LogP contribution in [0.25, 0.3) is 0 Å². The molecule has 0 aliphatic rings. The first-order chi connectivity index (χ1) is 9.70. The minimum absolute atomic E-state index is 0.124. The van der Waals surface area contributed by atoms with E-state index in [1.165, 1.54) is 6.33 Å². The van der Waals surface area contributed by atoms with Crippen LogP contribution in [0.1, 0.15) is 23.0 Å². The van der Waals surface area contributed by atoms with E-state index in [1.54, 1.807) is 24.4 Å². The predicted octanol–water partition coefficient (Wildman–Crippen LogP) is 1.42. The minimum Gasteiger partial charge on any atom is -0.397 e. The van der Waals surface area contributed by atoms with Crippen molar-refractivity contribution in [3.63, 3.8) is 0 Å². The summed E-state index contributed by atoms with van der Waals surface area (Å²) < 4.78 is 0. The Morgan fingerprint density at radius 1 is 1.35 bits per heavy atom. The number of hydrogen-bond donors (Lipinski definition) is 3. The zero-order valence-corrected chi connectivity index (χ0v) is 11.3. The third-order valence-electron chi connectivity index (χ3n) is 2.75. The van der Waals surface area contributed by atoms with Gasteiger partial charge in [-0.25, -0.2) is 9.97 Å². The molecule has 2 aromatic rings. The van der Waals surface area contributed by atoms with E-state index in [1.807, 2.05) is 13.0 Å². The van der Waals surface area contributed by atoms with Crippen LogP contribution in [-0.4, -0.2) is 22.4 Å². The minimum atomic E-state index is -0.124. The van der Waals surface area contributed by atoms with E-state index < -0.39 is 0 Å². The van der Waals surface area contributed by atoms with Crippen molar-refractivity contribution < 1.29 is 4.79 Å². The lowest BCUT2D eigenvalue weighted by Gasteiger charge is -2.10. The molecule has 1 aromatic carbocycles. The number of carbonyl (C=O) groups excluding carboxylic acids is 1. The monoisotopic (exact) mass is 271 g/mol. The third kappa shape index (κ3) is 3.44. The standard InChI is InChI=1S/C14H17N5O/c1-2-17-14(20)10-3-4-13(12(15)7-10)18-8-11-5-6-16-9-19-11/h3-7,9,18H,2,8,15H2,1H3,(H,17,20). The number of nitrogens with two attached hydrogens (primary N) is 1. The first kappa shape index (κ1) is 13.8. The molecule has 6 heteroatoms. The lowest BCUT2D eigenvalue weighted by atomic mass is 10.1. The molecule has 1 heterocycles. The van der Waals surface area contributed by atoms with Gasteiger partial charge in [-0.05, 0) is 31.2 Å². The van der Waals surface area contributed by atoms with Crippen LogP contribution in [0.2, 0.25) is 0 Å². The Hall–Kier alpha value is -2.63. The van der Waals surface area contributed by atoms with Gasteiger partial charge in [0.1, 0.15) is 6.33 Å². The Morgan fingerprint density at radius 3 is 2.85 bits per heavy atom. The quantitative estimate of drug-likeness (QED) is 0.715. The van der Waals surface area contributed by atoms with Crippen molar-refractivity contribution in [3.8, 4) is 0 Å². The Balaban J connectivity index is 2.04. The molecule has 0 fully saturated rings. The number of aromatic nitrogens is 2. The second-order valence-corrected chi connectivity index (χ2v) is 4.22. The van der Waals surface area contributed by atoms with Crippen molar-refractivity contribution in [2.24, 2.45) is 0 Å². The van der Waals surface area contributed by atoms with Gasteiger partial charge in [0.15, 0.2) is 0 Å². The number of amides is 1. The number of rotatable bonds is 5. The van der Waals surface area contributed by atoms with Gasteiger partial charge in [0.25, 0.3) is 5.91 Å². The van der Waals surface area contributed by atoms with E-state index in [-0.39, 0.29) is 5.91 Å². The van der Waals surface area contributed by atoms with Crippen LogP contribution in [0.4, 0.5) is 11.4 Å². The summed E-state index contributed by atoms with van der Waals surface area (Å²) >= 11 is 0. The summed E-state index contributed by atoms with van der Waals surface area (Å²) in [5.74, 6) is -0.124. The molecule has 0 radical (unpaired) electrons. The van der Waals surface area contributed by atoms with Gasteiger partial charge >= 0.3 is 0 Å². The highest BCUT2D eigenvalue weighted by molar-refractivity contribution is 5.96. The fraction of sp³-hybridized carbons (Fsp3) is 0.214. The molecular formula is C14H17N5O. The van der Waals surface area contributed by atoms with Crippen molar-refractivity contribution in [1.82, 2.24) is 15.3 Å². The lowest BCUT2D eigenvalue weighted by molar-refractivity contribution is 0.0956. The van der Waals surface area contributed by atoms with Gasteiger partial charge in [0.05, 0.1) is 23.6 Å². The zero-order valence-electron chi connectivity index (χ0n) is 11.3. The second-order valence-electron chi connectivity index (χ2n) is 4.22. The number of nitrogen functional groups attached to an aromatic ring is 1. The number of anilines is 2. The molecule has 0 bridgehead atoms. The summed E-state index contributed by atoms with van der Waals surface area (Å²) in [6, 6.07) is 7.02. The highest BCUT2D eigenvalue weighted by atomic mass is 16.1. The van der Waals surface area contributed by atoms with Crippen molar-refractivity contribution in [3.05, 3.63) is 48.0 Å². The Kier molecular flexibility index (Phi) is 4.49. The summed E-state index contributed by atoms with van der Waals surface area (Å²) in [5, 5.41) is 5.91. The van der Waals surface area contributed by atoms with Crippen LogP contribution in [0, 0.1) is 0 Å². The second kappa shape index (κ2) is 6.51. The Bertz CT molecular complexity index is 585. The predicted molar refractivity (Wildman–Crippen MR) is 78.2 cm³/mol. The van der Waals surface area contributed by atoms with Crippen LogP contribution in [-0.2, 0) is 6.54 Å². The van der Waals surface area contributed by atoms with Gasteiger partial charge in [0, 0.05) is 18.3 Å². The molecule has 2 rings (SSSR count). The van der Waals surface area contributed by atoms with Crippen molar-refractivity contribution in [2.75, 3.05) is 17.6 Å². The summed E-state index contributed by atoms with van der Waals surface area (Å²) in [6.07, 6.45) is 3.18. The van der Waals surface area contributed by atoms with Gasteiger partial charge < -0.3 is 16.4 Å². The molecule has 6 nitrogen and oxygen atoms in total. The average molecular weight is 271 g/mol. The molecule has 0 atom stereocenters. The first-order valence-electron chi connectivity index (χ1n) is 6.37. The number of benzene rings is 1. The number of nitrogens with zero attached hydrogens (tertiary/aromatic N) is 2. The summed E-state index contributed by atoms with van der Waals surface area (Å²) in [4.78, 5) is 19.7. The Morgan fingerprint density at radius 2 is 2.20 bits per heavy atom. The number of hydrogen-bond acceptors (Lipinski definition) is 5. The molecule has 20 heavy (non-hydrogen) atoms. The van der Waals surface area contributed by atoms with E-state index in [2.05, 4.69) is 20.6 Å². The third-order valence-corrected chi connectivity index (χ3v) is 2.75. The van der Waals surface area contributed by atoms with Crippen LogP contribution in [0.15, 0.2) is 36.8 Å². The fourth-order valence-corrected chi connectivity index (χ4v) is 1.74. The van der Waals surface area contributed by atoms with Crippen LogP contribution >= 0.6 is 0 Å². The van der Waals surface area contributed by atoms with E-state index in [4.69, 9.17) is 5.73 Å². The summed E-state index contributed by atoms with van der Waals surface area (Å²) in [5.41, 5.74) is 8.67. The average Bonchev–Trinajstić information content (AvgIpc) is 2.47. The molecule has 0 saturated heterocycles. The van der Waals surface area contributed by atoms with Gasteiger partial charge in [-0.1, -0.05) is 0 Å². The van der Waals surface area contributed by atoms with Gasteiger partial charge in [0.2, 0.25) is 0 Å². The van der Waals surface area contributed by atoms with Crippen LogP contribution < -0.4 is 16.4 Å². The maximum Gasteiger partial charge on any atom is 0.251 e. The zero-order chi connectivity index (χ0) is 14.4. The molecule has 104 valence electrons. The highest BCUT2D eigenvalue weighted by Crippen LogP contribution is 2.20. The smallest absolute Gasteiger partial charge is 0.251 e. The van der Waals surface area contributed by atoms with Crippen LogP contribution in [0.5, 0.6) is 0 Å². The Labute approximate surface area is 117 Å². The first-order valence-corrected chi connectivity index (χ1v) is 6.37. The molecule has 0 saturated carbocycles. The van der Waals surface area contributed by atoms with E-state index >= 15 is 0 Å².